The average molecular weight is 238 g/mol. The molecule has 6 nitrogen and oxygen atoms in total. The van der Waals surface area contributed by atoms with Gasteiger partial charge in [-0.15, -0.1) is 0 Å². The number of nitrogens with two attached hydrogens (primary N) is 1. The normalized spacial score (nSPS) is 12.5. The molecule has 17 heavy (non-hydrogen) atoms. The third-order valence-electron chi connectivity index (χ3n) is 2.34. The predicted octanol–water partition coefficient (Wildman–Crippen LogP) is 0.346. The second-order valence-corrected chi connectivity index (χ2v) is 4.07. The number of ether oxygens (including phenoxy) is 1. The Balaban J connectivity index is 2.50. The van der Waals surface area contributed by atoms with Gasteiger partial charge in [-0.1, -0.05) is 13.8 Å². The van der Waals surface area contributed by atoms with Crippen molar-refractivity contribution in [1.29, 1.82) is 0 Å². The van der Waals surface area contributed by atoms with Gasteiger partial charge < -0.3 is 15.8 Å². The molecule has 1 heterocycles. The first-order valence-electron chi connectivity index (χ1n) is 5.45. The lowest BCUT2D eigenvalue weighted by molar-refractivity contribution is -0.148. The van der Waals surface area contributed by atoms with E-state index >= 15 is 0 Å². The standard InChI is InChI=1S/C11H18N4O2/c1-7(2)9(13-3)10(16)17-6-8-4-14-11(12)15-5-8/h4-5,7,9,13H,6H2,1-3H3,(H2,12,14,15)/t9-/m0/s1. The van der Waals surface area contributed by atoms with E-state index in [1.807, 2.05) is 13.8 Å². The Morgan fingerprint density at radius 1 is 1.47 bits per heavy atom. The van der Waals surface area contributed by atoms with Gasteiger partial charge in [0.1, 0.15) is 12.6 Å². The molecule has 1 rings (SSSR count). The highest BCUT2D eigenvalue weighted by molar-refractivity contribution is 5.76. The van der Waals surface area contributed by atoms with Crippen LogP contribution in [0.5, 0.6) is 0 Å². The maximum absolute atomic E-state index is 11.7. The van der Waals surface area contributed by atoms with Gasteiger partial charge in [0.25, 0.3) is 0 Å². The number of nitrogen functional groups attached to an aromatic ring is 1. The molecule has 1 atom stereocenters. The van der Waals surface area contributed by atoms with Gasteiger partial charge in [0.15, 0.2) is 0 Å². The van der Waals surface area contributed by atoms with Crippen molar-refractivity contribution in [3.8, 4) is 0 Å². The first kappa shape index (κ1) is 13.4. The maximum Gasteiger partial charge on any atom is 0.323 e. The van der Waals surface area contributed by atoms with Crippen LogP contribution in [0.4, 0.5) is 5.95 Å². The van der Waals surface area contributed by atoms with E-state index < -0.39 is 0 Å². The van der Waals surface area contributed by atoms with Crippen LogP contribution in [0.3, 0.4) is 0 Å². The number of esters is 1. The first-order valence-corrected chi connectivity index (χ1v) is 5.45. The van der Waals surface area contributed by atoms with Crippen LogP contribution in [-0.4, -0.2) is 29.0 Å². The molecule has 0 aliphatic carbocycles. The van der Waals surface area contributed by atoms with Gasteiger partial charge in [-0.3, -0.25) is 4.79 Å². The van der Waals surface area contributed by atoms with Crippen LogP contribution in [0.25, 0.3) is 0 Å². The van der Waals surface area contributed by atoms with Crippen molar-refractivity contribution < 1.29 is 9.53 Å². The summed E-state index contributed by atoms with van der Waals surface area (Å²) in [4.78, 5) is 19.3. The SMILES string of the molecule is CN[C@H](C(=O)OCc1cnc(N)nc1)C(C)C. The van der Waals surface area contributed by atoms with Gasteiger partial charge >= 0.3 is 5.97 Å². The van der Waals surface area contributed by atoms with Crippen LogP contribution in [0.2, 0.25) is 0 Å². The number of carbonyl (C=O) groups excluding carboxylic acids is 1. The van der Waals surface area contributed by atoms with Gasteiger partial charge in [0.2, 0.25) is 5.95 Å². The summed E-state index contributed by atoms with van der Waals surface area (Å²) in [6.07, 6.45) is 3.08. The molecule has 0 aromatic carbocycles. The zero-order valence-electron chi connectivity index (χ0n) is 10.3. The Morgan fingerprint density at radius 2 is 2.06 bits per heavy atom. The van der Waals surface area contributed by atoms with Crippen LogP contribution >= 0.6 is 0 Å². The molecule has 0 bridgehead atoms. The fourth-order valence-electron chi connectivity index (χ4n) is 1.41. The van der Waals surface area contributed by atoms with E-state index in [0.717, 1.165) is 0 Å². The summed E-state index contributed by atoms with van der Waals surface area (Å²) in [7, 11) is 1.73. The molecule has 0 aliphatic heterocycles. The Hall–Kier alpha value is -1.69. The van der Waals surface area contributed by atoms with Crippen molar-refractivity contribution in [2.75, 3.05) is 12.8 Å². The fraction of sp³-hybridized carbons (Fsp3) is 0.545. The highest BCUT2D eigenvalue weighted by Gasteiger charge is 2.21. The van der Waals surface area contributed by atoms with E-state index in [2.05, 4.69) is 15.3 Å². The molecule has 0 unspecified atom stereocenters. The summed E-state index contributed by atoms with van der Waals surface area (Å²) in [5.74, 6) is 0.102. The van der Waals surface area contributed by atoms with E-state index in [1.165, 1.54) is 0 Å². The first-order chi connectivity index (χ1) is 8.04. The third-order valence-corrected chi connectivity index (χ3v) is 2.34. The van der Waals surface area contributed by atoms with Crippen molar-refractivity contribution in [2.24, 2.45) is 5.92 Å². The molecule has 1 aromatic heterocycles. The van der Waals surface area contributed by atoms with Gasteiger partial charge in [0.05, 0.1) is 0 Å². The summed E-state index contributed by atoms with van der Waals surface area (Å²) in [6.45, 7) is 4.06. The molecule has 3 N–H and O–H groups in total. The average Bonchev–Trinajstić information content (AvgIpc) is 2.28. The topological polar surface area (TPSA) is 90.1 Å². The van der Waals surface area contributed by atoms with Crippen LogP contribution in [0, 0.1) is 5.92 Å². The van der Waals surface area contributed by atoms with Crippen LogP contribution in [0.15, 0.2) is 12.4 Å². The monoisotopic (exact) mass is 238 g/mol. The van der Waals surface area contributed by atoms with Gasteiger partial charge in [-0.05, 0) is 13.0 Å². The number of nitrogens with zero attached hydrogens (tertiary/aromatic N) is 2. The Labute approximate surface area is 101 Å². The number of carbonyl (C=O) groups is 1. The van der Waals surface area contributed by atoms with Crippen molar-refractivity contribution in [2.45, 2.75) is 26.5 Å². The van der Waals surface area contributed by atoms with E-state index in [0.29, 0.717) is 5.56 Å². The van der Waals surface area contributed by atoms with E-state index in [4.69, 9.17) is 10.5 Å². The second-order valence-electron chi connectivity index (χ2n) is 4.07. The van der Waals surface area contributed by atoms with Crippen LogP contribution in [0.1, 0.15) is 19.4 Å². The van der Waals surface area contributed by atoms with Crippen molar-refractivity contribution >= 4 is 11.9 Å². The summed E-state index contributed by atoms with van der Waals surface area (Å²) in [6, 6.07) is -0.301. The number of rotatable bonds is 5. The summed E-state index contributed by atoms with van der Waals surface area (Å²) in [5, 5.41) is 2.92. The lowest BCUT2D eigenvalue weighted by Crippen LogP contribution is -2.39. The van der Waals surface area contributed by atoms with Crippen molar-refractivity contribution in [1.82, 2.24) is 15.3 Å². The fourth-order valence-corrected chi connectivity index (χ4v) is 1.41. The van der Waals surface area contributed by atoms with Crippen molar-refractivity contribution in [3.63, 3.8) is 0 Å². The predicted molar refractivity (Wildman–Crippen MR) is 63.9 cm³/mol. The van der Waals surface area contributed by atoms with Gasteiger partial charge in [0, 0.05) is 18.0 Å². The number of likely N-dealkylation sites (N-methyl/N-ethyl adjacent to an activating group) is 1. The van der Waals surface area contributed by atoms with E-state index in [1.54, 1.807) is 19.4 Å². The molecular weight excluding hydrogens is 220 g/mol. The molecule has 0 amide bonds. The molecule has 0 saturated carbocycles. The van der Waals surface area contributed by atoms with Crippen LogP contribution < -0.4 is 11.1 Å². The summed E-state index contributed by atoms with van der Waals surface area (Å²) < 4.78 is 5.16. The maximum atomic E-state index is 11.7. The van der Waals surface area contributed by atoms with Gasteiger partial charge in [-0.25, -0.2) is 9.97 Å². The number of nitrogens with one attached hydrogen (secondary N) is 1. The molecule has 94 valence electrons. The highest BCUT2D eigenvalue weighted by Crippen LogP contribution is 2.06. The van der Waals surface area contributed by atoms with Crippen molar-refractivity contribution in [3.05, 3.63) is 18.0 Å². The number of anilines is 1. The molecular formula is C11H18N4O2. The number of hydrogen-bond donors (Lipinski definition) is 2. The minimum atomic E-state index is -0.301. The van der Waals surface area contributed by atoms with E-state index in [9.17, 15) is 4.79 Å². The molecule has 0 fully saturated rings. The van der Waals surface area contributed by atoms with Gasteiger partial charge in [-0.2, -0.15) is 0 Å². The highest BCUT2D eigenvalue weighted by atomic mass is 16.5. The third kappa shape index (κ3) is 3.99. The lowest BCUT2D eigenvalue weighted by atomic mass is 10.1. The Morgan fingerprint density at radius 3 is 2.53 bits per heavy atom. The largest absolute Gasteiger partial charge is 0.460 e. The lowest BCUT2D eigenvalue weighted by Gasteiger charge is -2.18. The number of hydrogen-bond acceptors (Lipinski definition) is 6. The molecule has 0 saturated heterocycles. The molecule has 0 radical (unpaired) electrons. The van der Waals surface area contributed by atoms with Crippen LogP contribution in [-0.2, 0) is 16.1 Å². The molecule has 0 aliphatic rings. The van der Waals surface area contributed by atoms with E-state index in [-0.39, 0.29) is 30.5 Å². The quantitative estimate of drug-likeness (QED) is 0.719. The Bertz CT molecular complexity index is 364. The minimum absolute atomic E-state index is 0.157. The Kier molecular flexibility index (Phi) is 4.84. The molecule has 0 spiro atoms. The zero-order chi connectivity index (χ0) is 12.8. The zero-order valence-corrected chi connectivity index (χ0v) is 10.3. The molecule has 6 heteroatoms. The summed E-state index contributed by atoms with van der Waals surface area (Å²) >= 11 is 0. The molecule has 1 aromatic rings. The second kappa shape index (κ2) is 6.15. The number of aromatic nitrogens is 2. The smallest absolute Gasteiger partial charge is 0.323 e. The minimum Gasteiger partial charge on any atom is -0.460 e. The summed E-state index contributed by atoms with van der Waals surface area (Å²) in [5.41, 5.74) is 6.07.